The number of methoxy groups -OCH3 is 1. The summed E-state index contributed by atoms with van der Waals surface area (Å²) in [5, 5.41) is 3.42. The van der Waals surface area contributed by atoms with Crippen LogP contribution < -0.4 is 5.32 Å². The van der Waals surface area contributed by atoms with Gasteiger partial charge in [-0.25, -0.2) is 0 Å². The third-order valence-corrected chi connectivity index (χ3v) is 3.87. The Hall–Kier alpha value is -0.570. The fourth-order valence-electron chi connectivity index (χ4n) is 2.47. The Morgan fingerprint density at radius 2 is 1.88 bits per heavy atom. The number of ether oxygens (including phenoxy) is 1. The first-order valence-corrected chi connectivity index (χ1v) is 6.75. The first-order chi connectivity index (χ1) is 7.95. The maximum Gasteiger partial charge on any atom is 0.312 e. The van der Waals surface area contributed by atoms with Crippen LogP contribution in [0, 0.1) is 17.3 Å². The van der Waals surface area contributed by atoms with E-state index in [2.05, 4.69) is 12.2 Å². The highest BCUT2D eigenvalue weighted by Gasteiger charge is 2.28. The molecule has 0 unspecified atom stereocenters. The van der Waals surface area contributed by atoms with E-state index in [4.69, 9.17) is 4.74 Å². The normalized spacial score (nSPS) is 25.6. The molecular formula is C14H27NO2. The van der Waals surface area contributed by atoms with Crippen molar-refractivity contribution in [2.75, 3.05) is 20.2 Å². The lowest BCUT2D eigenvalue weighted by atomic mass is 9.83. The van der Waals surface area contributed by atoms with Gasteiger partial charge in [-0.1, -0.05) is 19.8 Å². The lowest BCUT2D eigenvalue weighted by molar-refractivity contribution is -0.150. The van der Waals surface area contributed by atoms with Crippen molar-refractivity contribution in [3.8, 4) is 0 Å². The van der Waals surface area contributed by atoms with Gasteiger partial charge in [-0.05, 0) is 45.1 Å². The Bertz CT molecular complexity index is 243. The van der Waals surface area contributed by atoms with Crippen molar-refractivity contribution in [3.63, 3.8) is 0 Å². The van der Waals surface area contributed by atoms with Gasteiger partial charge in [0.2, 0.25) is 0 Å². The van der Waals surface area contributed by atoms with E-state index in [1.54, 1.807) is 0 Å². The summed E-state index contributed by atoms with van der Waals surface area (Å²) >= 11 is 0. The van der Waals surface area contributed by atoms with Crippen molar-refractivity contribution in [1.82, 2.24) is 5.32 Å². The fraction of sp³-hybridized carbons (Fsp3) is 0.929. The molecule has 1 rings (SSSR count). The molecule has 1 aliphatic rings. The smallest absolute Gasteiger partial charge is 0.312 e. The minimum Gasteiger partial charge on any atom is -0.469 e. The number of rotatable bonds is 5. The van der Waals surface area contributed by atoms with Crippen LogP contribution in [0.3, 0.4) is 0 Å². The lowest BCUT2D eigenvalue weighted by Gasteiger charge is -2.28. The molecule has 1 aliphatic carbocycles. The summed E-state index contributed by atoms with van der Waals surface area (Å²) in [7, 11) is 1.45. The van der Waals surface area contributed by atoms with Crippen LogP contribution in [0.25, 0.3) is 0 Å². The van der Waals surface area contributed by atoms with Crippen LogP contribution in [-0.4, -0.2) is 26.2 Å². The second-order valence-corrected chi connectivity index (χ2v) is 6.13. The van der Waals surface area contributed by atoms with Crippen LogP contribution in [0.15, 0.2) is 0 Å². The van der Waals surface area contributed by atoms with Crippen LogP contribution in [-0.2, 0) is 9.53 Å². The van der Waals surface area contributed by atoms with Gasteiger partial charge < -0.3 is 10.1 Å². The largest absolute Gasteiger partial charge is 0.469 e. The number of esters is 1. The minimum atomic E-state index is -0.420. The molecule has 0 amide bonds. The zero-order valence-electron chi connectivity index (χ0n) is 11.7. The van der Waals surface area contributed by atoms with Gasteiger partial charge in [0.05, 0.1) is 12.5 Å². The van der Waals surface area contributed by atoms with Gasteiger partial charge in [0.1, 0.15) is 0 Å². The number of nitrogens with one attached hydrogen (secondary N) is 1. The Morgan fingerprint density at radius 3 is 2.41 bits per heavy atom. The third-order valence-electron chi connectivity index (χ3n) is 3.87. The Morgan fingerprint density at radius 1 is 1.29 bits per heavy atom. The Labute approximate surface area is 105 Å². The molecule has 3 heteroatoms. The monoisotopic (exact) mass is 241 g/mol. The minimum absolute atomic E-state index is 0.137. The predicted octanol–water partition coefficient (Wildman–Crippen LogP) is 2.60. The summed E-state index contributed by atoms with van der Waals surface area (Å²) in [5.41, 5.74) is -0.420. The molecule has 1 N–H and O–H groups in total. The third kappa shape index (κ3) is 4.66. The molecule has 100 valence electrons. The summed E-state index contributed by atoms with van der Waals surface area (Å²) in [4.78, 5) is 11.5. The van der Waals surface area contributed by atoms with E-state index in [0.717, 1.165) is 18.4 Å². The molecule has 0 aromatic rings. The number of carbonyl (C=O) groups is 1. The molecule has 0 aliphatic heterocycles. The van der Waals surface area contributed by atoms with Crippen LogP contribution >= 0.6 is 0 Å². The fourth-order valence-corrected chi connectivity index (χ4v) is 2.47. The molecule has 0 aromatic heterocycles. The molecule has 1 fully saturated rings. The maximum atomic E-state index is 11.5. The first-order valence-electron chi connectivity index (χ1n) is 6.75. The SMILES string of the molecule is COC(=O)C(C)(C)CNCC1CCC(C)CC1. The van der Waals surface area contributed by atoms with E-state index in [9.17, 15) is 4.79 Å². The summed E-state index contributed by atoms with van der Waals surface area (Å²) in [6.45, 7) is 7.92. The van der Waals surface area contributed by atoms with Gasteiger partial charge in [0, 0.05) is 6.54 Å². The maximum absolute atomic E-state index is 11.5. The first kappa shape index (κ1) is 14.5. The summed E-state index contributed by atoms with van der Waals surface area (Å²) in [6.07, 6.45) is 5.36. The van der Waals surface area contributed by atoms with Crippen LogP contribution in [0.2, 0.25) is 0 Å². The summed E-state index contributed by atoms with van der Waals surface area (Å²) < 4.78 is 4.79. The van der Waals surface area contributed by atoms with Gasteiger partial charge >= 0.3 is 5.97 Å². The Kier molecular flexibility index (Phi) is 5.44. The Balaban J connectivity index is 2.21. The summed E-state index contributed by atoms with van der Waals surface area (Å²) in [5.74, 6) is 1.56. The van der Waals surface area contributed by atoms with Gasteiger partial charge in [0.15, 0.2) is 0 Å². The van der Waals surface area contributed by atoms with Crippen molar-refractivity contribution in [2.24, 2.45) is 17.3 Å². The molecule has 0 heterocycles. The van der Waals surface area contributed by atoms with Crippen LogP contribution in [0.4, 0.5) is 0 Å². The number of carbonyl (C=O) groups excluding carboxylic acids is 1. The average Bonchev–Trinajstić information content (AvgIpc) is 2.30. The highest BCUT2D eigenvalue weighted by atomic mass is 16.5. The van der Waals surface area contributed by atoms with E-state index < -0.39 is 5.41 Å². The standard InChI is InChI=1S/C14H27NO2/c1-11-5-7-12(8-6-11)9-15-10-14(2,3)13(16)17-4/h11-12,15H,5-10H2,1-4H3. The molecular weight excluding hydrogens is 214 g/mol. The van der Waals surface area contributed by atoms with Crippen LogP contribution in [0.5, 0.6) is 0 Å². The molecule has 0 saturated heterocycles. The predicted molar refractivity (Wildman–Crippen MR) is 69.8 cm³/mol. The highest BCUT2D eigenvalue weighted by Crippen LogP contribution is 2.27. The second kappa shape index (κ2) is 6.39. The number of hydrogen-bond donors (Lipinski definition) is 1. The van der Waals surface area contributed by atoms with E-state index in [1.807, 2.05) is 13.8 Å². The zero-order chi connectivity index (χ0) is 12.9. The molecule has 0 aromatic carbocycles. The second-order valence-electron chi connectivity index (χ2n) is 6.13. The van der Waals surface area contributed by atoms with E-state index in [-0.39, 0.29) is 5.97 Å². The molecule has 0 spiro atoms. The summed E-state index contributed by atoms with van der Waals surface area (Å²) in [6, 6.07) is 0. The van der Waals surface area contributed by atoms with Crippen molar-refractivity contribution in [1.29, 1.82) is 0 Å². The molecule has 1 saturated carbocycles. The van der Waals surface area contributed by atoms with E-state index >= 15 is 0 Å². The number of hydrogen-bond acceptors (Lipinski definition) is 3. The van der Waals surface area contributed by atoms with Gasteiger partial charge in [-0.2, -0.15) is 0 Å². The quantitative estimate of drug-likeness (QED) is 0.752. The van der Waals surface area contributed by atoms with Crippen molar-refractivity contribution >= 4 is 5.97 Å². The molecule has 3 nitrogen and oxygen atoms in total. The molecule has 0 radical (unpaired) electrons. The molecule has 0 atom stereocenters. The van der Waals surface area contributed by atoms with Gasteiger partial charge in [-0.3, -0.25) is 4.79 Å². The lowest BCUT2D eigenvalue weighted by Crippen LogP contribution is -2.39. The van der Waals surface area contributed by atoms with Crippen molar-refractivity contribution in [2.45, 2.75) is 46.5 Å². The van der Waals surface area contributed by atoms with E-state index in [0.29, 0.717) is 6.54 Å². The van der Waals surface area contributed by atoms with E-state index in [1.165, 1.54) is 32.8 Å². The van der Waals surface area contributed by atoms with Crippen molar-refractivity contribution < 1.29 is 9.53 Å². The zero-order valence-corrected chi connectivity index (χ0v) is 11.7. The average molecular weight is 241 g/mol. The van der Waals surface area contributed by atoms with Gasteiger partial charge in [-0.15, -0.1) is 0 Å². The molecule has 0 bridgehead atoms. The highest BCUT2D eigenvalue weighted by molar-refractivity contribution is 5.76. The van der Waals surface area contributed by atoms with Crippen LogP contribution in [0.1, 0.15) is 46.5 Å². The topological polar surface area (TPSA) is 38.3 Å². The van der Waals surface area contributed by atoms with Crippen molar-refractivity contribution in [3.05, 3.63) is 0 Å². The molecule has 17 heavy (non-hydrogen) atoms. The van der Waals surface area contributed by atoms with Gasteiger partial charge in [0.25, 0.3) is 0 Å².